The molecular weight excluding hydrogens is 219 g/mol. The molecule has 0 radical (unpaired) electrons. The number of hydrogen-bond acceptors (Lipinski definition) is 2. The van der Waals surface area contributed by atoms with Crippen molar-refractivity contribution in [2.75, 3.05) is 7.05 Å². The number of allylic oxidation sites excluding steroid dienone is 1. The molecule has 1 aromatic carbocycles. The first-order chi connectivity index (χ1) is 8.04. The van der Waals surface area contributed by atoms with Crippen LogP contribution in [0.1, 0.15) is 12.5 Å². The highest BCUT2D eigenvalue weighted by Crippen LogP contribution is 2.09. The molecule has 90 valence electrons. The minimum absolute atomic E-state index is 0.279. The molecule has 3 nitrogen and oxygen atoms in total. The lowest BCUT2D eigenvalue weighted by Gasteiger charge is -2.03. The van der Waals surface area contributed by atoms with Crippen LogP contribution in [0.5, 0.6) is 0 Å². The first kappa shape index (κ1) is 13.1. The lowest BCUT2D eigenvalue weighted by molar-refractivity contribution is -0.114. The van der Waals surface area contributed by atoms with Crippen LogP contribution < -0.4 is 5.73 Å². The van der Waals surface area contributed by atoms with Crippen molar-refractivity contribution in [3.8, 4) is 0 Å². The van der Waals surface area contributed by atoms with Crippen LogP contribution in [0.15, 0.2) is 40.9 Å². The first-order valence-electron chi connectivity index (χ1n) is 5.21. The molecule has 0 fully saturated rings. The fourth-order valence-corrected chi connectivity index (χ4v) is 1.35. The summed E-state index contributed by atoms with van der Waals surface area (Å²) in [6.07, 6.45) is 1.92. The van der Waals surface area contributed by atoms with Gasteiger partial charge in [-0.3, -0.25) is 9.79 Å². The average Bonchev–Trinajstić information content (AvgIpc) is 2.30. The topological polar surface area (TPSA) is 55.4 Å². The van der Waals surface area contributed by atoms with Crippen molar-refractivity contribution in [2.45, 2.75) is 13.3 Å². The van der Waals surface area contributed by atoms with Gasteiger partial charge in [-0.2, -0.15) is 0 Å². The Labute approximate surface area is 99.9 Å². The van der Waals surface area contributed by atoms with E-state index >= 15 is 0 Å². The van der Waals surface area contributed by atoms with Gasteiger partial charge in [-0.25, -0.2) is 4.39 Å². The van der Waals surface area contributed by atoms with E-state index in [0.29, 0.717) is 23.3 Å². The van der Waals surface area contributed by atoms with Crippen LogP contribution in [0.3, 0.4) is 0 Å². The summed E-state index contributed by atoms with van der Waals surface area (Å²) in [6.45, 7) is 1.61. The molecule has 1 amide bonds. The van der Waals surface area contributed by atoms with Crippen LogP contribution in [0.25, 0.3) is 0 Å². The van der Waals surface area contributed by atoms with E-state index in [-0.39, 0.29) is 5.82 Å². The number of nitrogens with zero attached hydrogens (tertiary/aromatic N) is 1. The van der Waals surface area contributed by atoms with Gasteiger partial charge in [-0.1, -0.05) is 18.2 Å². The standard InChI is InChI=1S/C13H15FN2O/c1-9(13(15)17)7-11(16-2)8-10-5-3-4-6-12(10)14/h3-7H,8H2,1-2H3,(H2,15,17)/b9-7+,16-11?. The lowest BCUT2D eigenvalue weighted by Crippen LogP contribution is -2.13. The van der Waals surface area contributed by atoms with Gasteiger partial charge in [-0.15, -0.1) is 0 Å². The summed E-state index contributed by atoms with van der Waals surface area (Å²) in [7, 11) is 1.60. The highest BCUT2D eigenvalue weighted by Gasteiger charge is 2.05. The molecule has 2 N–H and O–H groups in total. The fraction of sp³-hybridized carbons (Fsp3) is 0.231. The van der Waals surface area contributed by atoms with E-state index in [1.165, 1.54) is 6.07 Å². The number of amides is 1. The second-order valence-corrected chi connectivity index (χ2v) is 3.67. The van der Waals surface area contributed by atoms with Crippen molar-refractivity contribution in [1.82, 2.24) is 0 Å². The van der Waals surface area contributed by atoms with Crippen LogP contribution in [0.4, 0.5) is 4.39 Å². The molecule has 4 heteroatoms. The maximum atomic E-state index is 13.4. The quantitative estimate of drug-likeness (QED) is 0.627. The highest BCUT2D eigenvalue weighted by atomic mass is 19.1. The zero-order valence-electron chi connectivity index (χ0n) is 9.90. The van der Waals surface area contributed by atoms with Gasteiger partial charge in [0.15, 0.2) is 0 Å². The second kappa shape index (κ2) is 5.94. The normalized spacial score (nSPS) is 12.6. The molecule has 0 aliphatic rings. The van der Waals surface area contributed by atoms with E-state index < -0.39 is 5.91 Å². The van der Waals surface area contributed by atoms with Crippen molar-refractivity contribution < 1.29 is 9.18 Å². The van der Waals surface area contributed by atoms with E-state index in [2.05, 4.69) is 4.99 Å². The van der Waals surface area contributed by atoms with Crippen molar-refractivity contribution in [2.24, 2.45) is 10.7 Å². The second-order valence-electron chi connectivity index (χ2n) is 3.67. The summed E-state index contributed by atoms with van der Waals surface area (Å²) in [6, 6.07) is 6.48. The third-order valence-electron chi connectivity index (χ3n) is 2.39. The average molecular weight is 234 g/mol. The van der Waals surface area contributed by atoms with Gasteiger partial charge in [0.1, 0.15) is 5.82 Å². The Morgan fingerprint density at radius 3 is 2.65 bits per heavy atom. The van der Waals surface area contributed by atoms with Gasteiger partial charge in [0.2, 0.25) is 5.91 Å². The molecule has 0 heterocycles. The smallest absolute Gasteiger partial charge is 0.244 e. The fourth-order valence-electron chi connectivity index (χ4n) is 1.35. The summed E-state index contributed by atoms with van der Waals surface area (Å²) in [5, 5.41) is 0. The Bertz CT molecular complexity index is 478. The molecule has 0 unspecified atom stereocenters. The van der Waals surface area contributed by atoms with Crippen LogP contribution in [-0.2, 0) is 11.2 Å². The molecule has 0 bridgehead atoms. The van der Waals surface area contributed by atoms with Crippen molar-refractivity contribution in [1.29, 1.82) is 0 Å². The van der Waals surface area contributed by atoms with E-state index in [1.807, 2.05) is 0 Å². The van der Waals surface area contributed by atoms with Crippen LogP contribution in [-0.4, -0.2) is 18.7 Å². The van der Waals surface area contributed by atoms with Crippen molar-refractivity contribution >= 4 is 11.6 Å². The molecule has 0 aliphatic heterocycles. The van der Waals surface area contributed by atoms with E-state index in [9.17, 15) is 9.18 Å². The van der Waals surface area contributed by atoms with Crippen molar-refractivity contribution in [3.05, 3.63) is 47.3 Å². The Morgan fingerprint density at radius 2 is 2.12 bits per heavy atom. The number of halogens is 1. The number of hydrogen-bond donors (Lipinski definition) is 1. The number of benzene rings is 1. The Morgan fingerprint density at radius 1 is 1.47 bits per heavy atom. The van der Waals surface area contributed by atoms with Gasteiger partial charge >= 0.3 is 0 Å². The first-order valence-corrected chi connectivity index (χ1v) is 5.21. The number of rotatable bonds is 4. The largest absolute Gasteiger partial charge is 0.366 e. The van der Waals surface area contributed by atoms with Gasteiger partial charge in [0.25, 0.3) is 0 Å². The zero-order valence-corrected chi connectivity index (χ0v) is 9.90. The predicted molar refractivity (Wildman–Crippen MR) is 66.4 cm³/mol. The summed E-state index contributed by atoms with van der Waals surface area (Å²) in [5.74, 6) is -0.779. The molecule has 0 aromatic heterocycles. The summed E-state index contributed by atoms with van der Waals surface area (Å²) in [4.78, 5) is 14.9. The Balaban J connectivity index is 2.90. The zero-order chi connectivity index (χ0) is 12.8. The maximum Gasteiger partial charge on any atom is 0.244 e. The lowest BCUT2D eigenvalue weighted by atomic mass is 10.1. The number of carbonyl (C=O) groups excluding carboxylic acids is 1. The van der Waals surface area contributed by atoms with Crippen LogP contribution >= 0.6 is 0 Å². The van der Waals surface area contributed by atoms with Crippen LogP contribution in [0, 0.1) is 5.82 Å². The van der Waals surface area contributed by atoms with Gasteiger partial charge in [0, 0.05) is 24.8 Å². The minimum atomic E-state index is -0.500. The monoisotopic (exact) mass is 234 g/mol. The number of primary amides is 1. The Hall–Kier alpha value is -1.97. The SMILES string of the molecule is CN=C(/C=C(\C)C(N)=O)Cc1ccccc1F. The minimum Gasteiger partial charge on any atom is -0.366 e. The summed E-state index contributed by atoms with van der Waals surface area (Å²) >= 11 is 0. The third-order valence-corrected chi connectivity index (χ3v) is 2.39. The van der Waals surface area contributed by atoms with Gasteiger partial charge in [0.05, 0.1) is 0 Å². The number of carbonyl (C=O) groups is 1. The maximum absolute atomic E-state index is 13.4. The van der Waals surface area contributed by atoms with Crippen LogP contribution in [0.2, 0.25) is 0 Å². The molecule has 0 spiro atoms. The highest BCUT2D eigenvalue weighted by molar-refractivity contribution is 6.03. The molecule has 0 aliphatic carbocycles. The van der Waals surface area contributed by atoms with E-state index in [0.717, 1.165) is 0 Å². The molecule has 1 aromatic rings. The molecule has 17 heavy (non-hydrogen) atoms. The molecule has 0 saturated carbocycles. The number of nitrogens with two attached hydrogens (primary N) is 1. The summed E-state index contributed by atoms with van der Waals surface area (Å²) in [5.41, 5.74) is 6.69. The third kappa shape index (κ3) is 3.83. The van der Waals surface area contributed by atoms with Gasteiger partial charge in [-0.05, 0) is 24.6 Å². The molecule has 0 saturated heterocycles. The Kier molecular flexibility index (Phi) is 4.57. The van der Waals surface area contributed by atoms with Gasteiger partial charge < -0.3 is 5.73 Å². The molecule has 0 atom stereocenters. The van der Waals surface area contributed by atoms with E-state index in [1.54, 1.807) is 38.2 Å². The van der Waals surface area contributed by atoms with E-state index in [4.69, 9.17) is 5.73 Å². The molecular formula is C13H15FN2O. The predicted octanol–water partition coefficient (Wildman–Crippen LogP) is 1.87. The summed E-state index contributed by atoms with van der Waals surface area (Å²) < 4.78 is 13.4. The number of aliphatic imine (C=N–C) groups is 1. The molecule has 1 rings (SSSR count). The van der Waals surface area contributed by atoms with Crippen molar-refractivity contribution in [3.63, 3.8) is 0 Å².